The van der Waals surface area contributed by atoms with E-state index in [9.17, 15) is 13.2 Å². The van der Waals surface area contributed by atoms with Crippen molar-refractivity contribution in [3.8, 4) is 0 Å². The molecule has 0 bridgehead atoms. The molecule has 0 aliphatic heterocycles. The summed E-state index contributed by atoms with van der Waals surface area (Å²) >= 11 is 1.11. The van der Waals surface area contributed by atoms with Crippen LogP contribution in [0.4, 0.5) is 18.3 Å². The van der Waals surface area contributed by atoms with Crippen LogP contribution in [0.2, 0.25) is 0 Å². The number of aliphatic hydroxyl groups is 1. The fourth-order valence-electron chi connectivity index (χ4n) is 1.42. The highest BCUT2D eigenvalue weighted by Gasteiger charge is 2.31. The van der Waals surface area contributed by atoms with Crippen LogP contribution in [-0.2, 0) is 6.61 Å². The number of anilines is 1. The monoisotopic (exact) mass is 268 g/mol. The average molecular weight is 268 g/mol. The summed E-state index contributed by atoms with van der Waals surface area (Å²) < 4.78 is 37.2. The molecule has 0 saturated heterocycles. The van der Waals surface area contributed by atoms with Gasteiger partial charge < -0.3 is 10.0 Å². The third-order valence-electron chi connectivity index (χ3n) is 2.16. The molecule has 0 spiro atoms. The Balaban J connectivity index is 2.89. The molecular formula is C10H15F3N2OS. The van der Waals surface area contributed by atoms with Crippen molar-refractivity contribution in [2.24, 2.45) is 0 Å². The van der Waals surface area contributed by atoms with Gasteiger partial charge in [0.25, 0.3) is 0 Å². The number of hydrogen-bond acceptors (Lipinski definition) is 4. The van der Waals surface area contributed by atoms with Gasteiger partial charge in [0.1, 0.15) is 6.54 Å². The Kier molecular flexibility index (Phi) is 4.76. The van der Waals surface area contributed by atoms with Gasteiger partial charge in [0.2, 0.25) is 0 Å². The van der Waals surface area contributed by atoms with E-state index in [1.54, 1.807) is 6.92 Å². The predicted molar refractivity (Wildman–Crippen MR) is 61.3 cm³/mol. The molecule has 0 aliphatic rings. The molecular weight excluding hydrogens is 253 g/mol. The third kappa shape index (κ3) is 4.16. The Labute approximate surface area is 102 Å². The minimum atomic E-state index is -4.24. The largest absolute Gasteiger partial charge is 0.406 e. The average Bonchev–Trinajstić information content (AvgIpc) is 2.57. The van der Waals surface area contributed by atoms with Gasteiger partial charge in [-0.15, -0.1) is 0 Å². The lowest BCUT2D eigenvalue weighted by Gasteiger charge is -2.22. The molecule has 1 aromatic rings. The van der Waals surface area contributed by atoms with E-state index in [0.29, 0.717) is 28.7 Å². The second-order valence-electron chi connectivity index (χ2n) is 3.70. The zero-order valence-corrected chi connectivity index (χ0v) is 10.5. The van der Waals surface area contributed by atoms with Crippen LogP contribution in [0.25, 0.3) is 0 Å². The van der Waals surface area contributed by atoms with Crippen molar-refractivity contribution >= 4 is 16.5 Å². The van der Waals surface area contributed by atoms with E-state index in [1.165, 1.54) is 4.90 Å². The van der Waals surface area contributed by atoms with Gasteiger partial charge in [-0.3, -0.25) is 0 Å². The Morgan fingerprint density at radius 2 is 2.06 bits per heavy atom. The molecule has 7 heteroatoms. The zero-order valence-electron chi connectivity index (χ0n) is 9.71. The van der Waals surface area contributed by atoms with Gasteiger partial charge in [-0.25, -0.2) is 4.98 Å². The van der Waals surface area contributed by atoms with E-state index in [0.717, 1.165) is 11.3 Å². The highest BCUT2D eigenvalue weighted by Crippen LogP contribution is 2.28. The molecule has 0 atom stereocenters. The number of thiazole rings is 1. The van der Waals surface area contributed by atoms with Crippen molar-refractivity contribution < 1.29 is 18.3 Å². The molecule has 0 aliphatic carbocycles. The van der Waals surface area contributed by atoms with Crippen molar-refractivity contribution in [1.82, 2.24) is 4.98 Å². The maximum absolute atomic E-state index is 12.4. The van der Waals surface area contributed by atoms with Crippen LogP contribution >= 0.6 is 11.3 Å². The maximum Gasteiger partial charge on any atom is 0.406 e. The smallest absolute Gasteiger partial charge is 0.391 e. The van der Waals surface area contributed by atoms with Gasteiger partial charge in [-0.05, 0) is 13.3 Å². The Hall–Kier alpha value is -0.820. The van der Waals surface area contributed by atoms with Gasteiger partial charge in [0, 0.05) is 6.54 Å². The lowest BCUT2D eigenvalue weighted by atomic mass is 10.4. The molecule has 0 aromatic carbocycles. The summed E-state index contributed by atoms with van der Waals surface area (Å²) in [6.45, 7) is 2.62. The highest BCUT2D eigenvalue weighted by molar-refractivity contribution is 7.15. The summed E-state index contributed by atoms with van der Waals surface area (Å²) in [6.07, 6.45) is -3.63. The van der Waals surface area contributed by atoms with Crippen LogP contribution in [0.15, 0.2) is 0 Å². The Morgan fingerprint density at radius 1 is 1.41 bits per heavy atom. The lowest BCUT2D eigenvalue weighted by molar-refractivity contribution is -0.119. The molecule has 17 heavy (non-hydrogen) atoms. The number of aliphatic hydroxyl groups excluding tert-OH is 1. The van der Waals surface area contributed by atoms with Crippen LogP contribution < -0.4 is 4.90 Å². The minimum absolute atomic E-state index is 0.185. The number of hydrogen-bond donors (Lipinski definition) is 1. The first-order chi connectivity index (χ1) is 7.87. The molecule has 0 saturated carbocycles. The van der Waals surface area contributed by atoms with Gasteiger partial charge in [-0.1, -0.05) is 18.3 Å². The number of aryl methyl sites for hydroxylation is 1. The van der Waals surface area contributed by atoms with E-state index in [1.807, 2.05) is 6.92 Å². The molecule has 0 radical (unpaired) electrons. The van der Waals surface area contributed by atoms with Crippen molar-refractivity contribution in [2.45, 2.75) is 33.1 Å². The second-order valence-corrected chi connectivity index (χ2v) is 4.76. The van der Waals surface area contributed by atoms with E-state index in [-0.39, 0.29) is 6.61 Å². The molecule has 0 amide bonds. The van der Waals surface area contributed by atoms with Crippen LogP contribution in [0.1, 0.15) is 23.9 Å². The maximum atomic E-state index is 12.4. The van der Waals surface area contributed by atoms with E-state index >= 15 is 0 Å². The molecule has 1 heterocycles. The van der Waals surface area contributed by atoms with Gasteiger partial charge >= 0.3 is 6.18 Å². The standard InChI is InChI=1S/C10H15F3N2OS/c1-3-4-15(6-10(11,12)13)9-14-7(2)8(5-16)17-9/h16H,3-6H2,1-2H3. The van der Waals surface area contributed by atoms with Crippen molar-refractivity contribution in [1.29, 1.82) is 0 Å². The van der Waals surface area contributed by atoms with Gasteiger partial charge in [0.15, 0.2) is 5.13 Å². The van der Waals surface area contributed by atoms with Crippen LogP contribution in [-0.4, -0.2) is 29.4 Å². The first kappa shape index (κ1) is 14.2. The molecule has 3 nitrogen and oxygen atoms in total. The fourth-order valence-corrected chi connectivity index (χ4v) is 2.37. The summed E-state index contributed by atoms with van der Waals surface area (Å²) in [5.74, 6) is 0. The Morgan fingerprint density at radius 3 is 2.47 bits per heavy atom. The first-order valence-corrected chi connectivity index (χ1v) is 6.08. The van der Waals surface area contributed by atoms with Crippen molar-refractivity contribution in [2.75, 3.05) is 18.0 Å². The number of alkyl halides is 3. The molecule has 0 unspecified atom stereocenters. The van der Waals surface area contributed by atoms with Crippen molar-refractivity contribution in [3.63, 3.8) is 0 Å². The molecule has 1 rings (SSSR count). The van der Waals surface area contributed by atoms with Crippen LogP contribution in [0.5, 0.6) is 0 Å². The quantitative estimate of drug-likeness (QED) is 0.892. The van der Waals surface area contributed by atoms with Gasteiger partial charge in [-0.2, -0.15) is 13.2 Å². The Bertz CT molecular complexity index is 365. The first-order valence-electron chi connectivity index (χ1n) is 5.26. The van der Waals surface area contributed by atoms with E-state index in [4.69, 9.17) is 5.11 Å². The summed E-state index contributed by atoms with van der Waals surface area (Å²) in [7, 11) is 0. The molecule has 1 N–H and O–H groups in total. The predicted octanol–water partition coefficient (Wildman–Crippen LogP) is 2.72. The molecule has 98 valence electrons. The fraction of sp³-hybridized carbons (Fsp3) is 0.700. The lowest BCUT2D eigenvalue weighted by Crippen LogP contribution is -2.34. The summed E-state index contributed by atoms with van der Waals surface area (Å²) in [5.41, 5.74) is 0.593. The van der Waals surface area contributed by atoms with E-state index < -0.39 is 12.7 Å². The third-order valence-corrected chi connectivity index (χ3v) is 3.36. The van der Waals surface area contributed by atoms with Crippen LogP contribution in [0.3, 0.4) is 0 Å². The summed E-state index contributed by atoms with van der Waals surface area (Å²) in [5, 5.41) is 9.33. The normalized spacial score (nSPS) is 11.9. The number of halogens is 3. The highest BCUT2D eigenvalue weighted by atomic mass is 32.1. The molecule has 0 fully saturated rings. The number of aromatic nitrogens is 1. The summed E-state index contributed by atoms with van der Waals surface area (Å²) in [6, 6.07) is 0. The molecule has 1 aromatic heterocycles. The topological polar surface area (TPSA) is 36.4 Å². The minimum Gasteiger partial charge on any atom is -0.391 e. The zero-order chi connectivity index (χ0) is 13.1. The summed E-state index contributed by atoms with van der Waals surface area (Å²) in [4.78, 5) is 5.89. The number of rotatable bonds is 5. The van der Waals surface area contributed by atoms with Gasteiger partial charge in [0.05, 0.1) is 17.2 Å². The number of nitrogens with zero attached hydrogens (tertiary/aromatic N) is 2. The second kappa shape index (κ2) is 5.68. The van der Waals surface area contributed by atoms with Crippen molar-refractivity contribution in [3.05, 3.63) is 10.6 Å². The van der Waals surface area contributed by atoms with E-state index in [2.05, 4.69) is 4.98 Å². The SMILES string of the molecule is CCCN(CC(F)(F)F)c1nc(C)c(CO)s1. The van der Waals surface area contributed by atoms with Crippen LogP contribution in [0, 0.1) is 6.92 Å².